The van der Waals surface area contributed by atoms with Gasteiger partial charge in [0.2, 0.25) is 0 Å². The molecule has 0 rings (SSSR count). The maximum Gasteiger partial charge on any atom is 2.00 e. The van der Waals surface area contributed by atoms with E-state index in [1.807, 2.05) is 0 Å². The Hall–Kier alpha value is -0.661. The van der Waals surface area contributed by atoms with Crippen LogP contribution in [0.1, 0.15) is 0 Å². The van der Waals surface area contributed by atoms with E-state index >= 15 is 0 Å². The van der Waals surface area contributed by atoms with E-state index in [1.54, 1.807) is 0 Å². The summed E-state index contributed by atoms with van der Waals surface area (Å²) < 4.78 is 0. The van der Waals surface area contributed by atoms with Crippen LogP contribution in [0.15, 0.2) is 0 Å². The smallest absolute Gasteiger partial charge is 0.673 e. The van der Waals surface area contributed by atoms with Crippen molar-refractivity contribution in [2.24, 2.45) is 0 Å². The first kappa shape index (κ1) is 18.2. The van der Waals surface area contributed by atoms with Crippen LogP contribution in [0.4, 0.5) is 0 Å². The Morgan fingerprint density at radius 1 is 1.38 bits per heavy atom. The number of carbonyl (C=O) groups excluding carboxylic acids is 2. The summed E-state index contributed by atoms with van der Waals surface area (Å²) in [4.78, 5) is 18.5. The molecule has 0 amide bonds. The summed E-state index contributed by atoms with van der Waals surface area (Å²) in [5.74, 6) is -2.87. The molecule has 0 spiro atoms. The quantitative estimate of drug-likeness (QED) is 0.519. The molecule has 0 aromatic carbocycles. The van der Waals surface area contributed by atoms with Crippen LogP contribution in [-0.4, -0.2) is 36.2 Å². The van der Waals surface area contributed by atoms with Gasteiger partial charge in [0, 0.05) is 18.5 Å². The van der Waals surface area contributed by atoms with Crippen molar-refractivity contribution >= 4 is 11.9 Å². The third-order valence-electron chi connectivity index (χ3n) is 0.611. The van der Waals surface area contributed by atoms with Crippen molar-refractivity contribution < 1.29 is 42.0 Å². The van der Waals surface area contributed by atoms with Gasteiger partial charge in [0.05, 0.1) is 0 Å². The number of nitrogens with one attached hydrogen (secondary N) is 2. The van der Waals surface area contributed by atoms with Crippen LogP contribution in [0.25, 0.3) is 11.5 Å². The predicted molar refractivity (Wildman–Crippen MR) is 34.4 cm³/mol. The van der Waals surface area contributed by atoms with E-state index in [0.717, 1.165) is 0 Å². The molecule has 0 saturated heterocycles. The molecule has 0 aromatic heterocycles. The zero-order chi connectivity index (χ0) is 10.1. The number of aliphatic hydroxyl groups is 1. The Kier molecular flexibility index (Phi) is 15.9. The van der Waals surface area contributed by atoms with E-state index < -0.39 is 31.1 Å². The Balaban J connectivity index is -0.000000150. The number of carboxylic acids is 2. The van der Waals surface area contributed by atoms with Crippen molar-refractivity contribution in [1.82, 2.24) is 0 Å². The van der Waals surface area contributed by atoms with Gasteiger partial charge < -0.3 is 36.4 Å². The van der Waals surface area contributed by atoms with E-state index in [4.69, 9.17) is 26.5 Å². The third-order valence-corrected chi connectivity index (χ3v) is 0.611. The predicted octanol–water partition coefficient (Wildman–Crippen LogP) is -3.06. The average molecular weight is 240 g/mol. The van der Waals surface area contributed by atoms with Gasteiger partial charge in [0.25, 0.3) is 0 Å². The number of aliphatic carboxylic acids is 2. The van der Waals surface area contributed by atoms with E-state index in [1.165, 1.54) is 0 Å². The van der Waals surface area contributed by atoms with Gasteiger partial charge in [-0.25, -0.2) is 0 Å². The van der Waals surface area contributed by atoms with Crippen LogP contribution in [-0.2, 0) is 26.7 Å². The molecule has 1 atom stereocenters. The first-order valence-corrected chi connectivity index (χ1v) is 2.83. The monoisotopic (exact) mass is 239 g/mol. The second-order valence-corrected chi connectivity index (χ2v) is 1.60. The molecule has 0 bridgehead atoms. The molecule has 0 saturated carbocycles. The number of aliphatic hydroxyl groups excluding tert-OH is 1. The maximum absolute atomic E-state index is 9.47. The second kappa shape index (κ2) is 11.3. The van der Waals surface area contributed by atoms with Gasteiger partial charge in [-0.05, 0) is 0 Å². The molecule has 0 fully saturated rings. The van der Waals surface area contributed by atoms with Crippen LogP contribution in [0.5, 0.6) is 0 Å². The third kappa shape index (κ3) is 18.4. The van der Waals surface area contributed by atoms with Crippen LogP contribution in [0, 0.1) is 0 Å². The van der Waals surface area contributed by atoms with Crippen molar-refractivity contribution in [3.8, 4) is 0 Å². The Labute approximate surface area is 85.2 Å². The fourth-order valence-electron chi connectivity index (χ4n) is 0.0745. The molecule has 7 nitrogen and oxygen atoms in total. The van der Waals surface area contributed by atoms with Crippen LogP contribution >= 0.6 is 0 Å². The van der Waals surface area contributed by atoms with Crippen LogP contribution < -0.4 is 10.2 Å². The number of carbonyl (C=O) groups is 2. The number of rotatable bonds is 3. The molecule has 81 valence electrons. The molecule has 13 heavy (non-hydrogen) atoms. The number of hydrogen-bond donors (Lipinski definition) is 1. The fraction of sp³-hybridized carbons (Fsp3) is 0.600. The molecule has 8 heteroatoms. The van der Waals surface area contributed by atoms with E-state index in [9.17, 15) is 9.90 Å². The Morgan fingerprint density at radius 3 is 1.69 bits per heavy atom. The van der Waals surface area contributed by atoms with Crippen molar-refractivity contribution in [3.63, 3.8) is 0 Å². The molecule has 0 aliphatic heterocycles. The molecule has 0 aliphatic carbocycles. The van der Waals surface area contributed by atoms with Gasteiger partial charge in [0.1, 0.15) is 0 Å². The van der Waals surface area contributed by atoms with Crippen molar-refractivity contribution in [3.05, 3.63) is 11.5 Å². The summed E-state index contributed by atoms with van der Waals surface area (Å²) in [6.07, 6.45) is 0. The van der Waals surface area contributed by atoms with Crippen molar-refractivity contribution in [2.75, 3.05) is 13.2 Å². The molecular formula is C5H8CuN2O5-2. The van der Waals surface area contributed by atoms with Gasteiger partial charge in [-0.15, -0.1) is 6.54 Å². The topological polar surface area (TPSA) is 148 Å². The first-order chi connectivity index (χ1) is 5.45. The summed E-state index contributed by atoms with van der Waals surface area (Å²) in [5, 5.41) is 26.4. The standard InChI is InChI=1S/C3H6NO3.C2H4NO2.Cu/c4-2(1-5)3(6)7;3-1-2(4)5;/h2,4-5H,1H2,(H,6,7);3H,1H2,(H,4,5);/q2*-1;+2/p-2. The normalized spacial score (nSPS) is 10.1. The molecular weight excluding hydrogens is 232 g/mol. The number of hydrogen-bond acceptors (Lipinski definition) is 5. The molecule has 0 aliphatic rings. The Morgan fingerprint density at radius 2 is 1.69 bits per heavy atom. The zero-order valence-corrected chi connectivity index (χ0v) is 7.31. The van der Waals surface area contributed by atoms with Gasteiger partial charge in [-0.2, -0.15) is 0 Å². The minimum Gasteiger partial charge on any atom is -0.673 e. The fourth-order valence-corrected chi connectivity index (χ4v) is 0.0745. The summed E-state index contributed by atoms with van der Waals surface area (Å²) in [7, 11) is 0. The molecule has 1 unspecified atom stereocenters. The van der Waals surface area contributed by atoms with Crippen molar-refractivity contribution in [2.45, 2.75) is 6.04 Å². The van der Waals surface area contributed by atoms with E-state index in [2.05, 4.69) is 0 Å². The summed E-state index contributed by atoms with van der Waals surface area (Å²) in [6.45, 7) is -1.32. The molecule has 0 aromatic rings. The van der Waals surface area contributed by atoms with Gasteiger partial charge >= 0.3 is 17.1 Å². The number of carboxylic acid groups (broad SMARTS) is 2. The van der Waals surface area contributed by atoms with Gasteiger partial charge in [-0.3, -0.25) is 0 Å². The zero-order valence-electron chi connectivity index (χ0n) is 6.37. The maximum atomic E-state index is 9.47. The summed E-state index contributed by atoms with van der Waals surface area (Å²) in [5.41, 5.74) is 12.4. The van der Waals surface area contributed by atoms with E-state index in [-0.39, 0.29) is 17.1 Å². The molecule has 0 heterocycles. The average Bonchev–Trinajstić information content (AvgIpc) is 2.04. The van der Waals surface area contributed by atoms with Crippen LogP contribution in [0.3, 0.4) is 0 Å². The summed E-state index contributed by atoms with van der Waals surface area (Å²) in [6, 6.07) is -1.49. The van der Waals surface area contributed by atoms with Gasteiger partial charge in [-0.1, -0.05) is 6.04 Å². The van der Waals surface area contributed by atoms with Gasteiger partial charge in [0.15, 0.2) is 0 Å². The minimum atomic E-state index is -1.54. The SMILES string of the molecule is [Cu+2].[NH-]C(CO)C(=O)[O-].[NH-]CC(=O)[O-]. The molecule has 3 N–H and O–H groups in total. The summed E-state index contributed by atoms with van der Waals surface area (Å²) >= 11 is 0. The first-order valence-electron chi connectivity index (χ1n) is 2.83. The minimum absolute atomic E-state index is 0. The molecule has 1 radical (unpaired) electrons. The van der Waals surface area contributed by atoms with E-state index in [0.29, 0.717) is 0 Å². The second-order valence-electron chi connectivity index (χ2n) is 1.60. The largest absolute Gasteiger partial charge is 2.00 e. The van der Waals surface area contributed by atoms with Crippen molar-refractivity contribution in [1.29, 1.82) is 0 Å². The Bertz CT molecular complexity index is 154. The van der Waals surface area contributed by atoms with Crippen LogP contribution in [0.2, 0.25) is 0 Å².